The number of carbonyl (C=O) groups excluding carboxylic acids is 1. The Labute approximate surface area is 169 Å². The van der Waals surface area contributed by atoms with Crippen LogP contribution in [0.3, 0.4) is 0 Å². The third-order valence-corrected chi connectivity index (χ3v) is 4.79. The number of carboxylic acid groups (broad SMARTS) is 1. The maximum atomic E-state index is 12.6. The first-order chi connectivity index (χ1) is 13.7. The van der Waals surface area contributed by atoms with E-state index in [0.29, 0.717) is 18.7 Å². The molecule has 154 valence electrons. The summed E-state index contributed by atoms with van der Waals surface area (Å²) in [4.78, 5) is 25.5. The Hall–Kier alpha value is -3.06. The molecule has 1 unspecified atom stereocenters. The summed E-state index contributed by atoms with van der Waals surface area (Å²) in [6.45, 7) is 4.01. The van der Waals surface area contributed by atoms with Crippen LogP contribution in [-0.4, -0.2) is 48.0 Å². The van der Waals surface area contributed by atoms with Gasteiger partial charge in [-0.3, -0.25) is 4.79 Å². The van der Waals surface area contributed by atoms with Gasteiger partial charge < -0.3 is 24.6 Å². The summed E-state index contributed by atoms with van der Waals surface area (Å²) in [5.41, 5.74) is 0.808. The topological polar surface area (TPSA) is 96.3 Å². The van der Waals surface area contributed by atoms with Crippen LogP contribution in [0.4, 0.5) is 5.69 Å². The van der Waals surface area contributed by atoms with Crippen LogP contribution in [0.25, 0.3) is 0 Å². The first-order valence-corrected chi connectivity index (χ1v) is 9.35. The second-order valence-corrected chi connectivity index (χ2v) is 7.77. The molecule has 2 N–H and O–H groups in total. The lowest BCUT2D eigenvalue weighted by molar-refractivity contribution is -0.117. The minimum absolute atomic E-state index is 0.00133. The molecule has 1 heterocycles. The number of methoxy groups -OCH3 is 1. The van der Waals surface area contributed by atoms with E-state index >= 15 is 0 Å². The van der Waals surface area contributed by atoms with E-state index in [1.165, 1.54) is 13.2 Å². The van der Waals surface area contributed by atoms with Crippen molar-refractivity contribution in [3.05, 3.63) is 53.6 Å². The van der Waals surface area contributed by atoms with Crippen molar-refractivity contribution in [3.63, 3.8) is 0 Å². The monoisotopic (exact) mass is 399 g/mol. The molecule has 0 saturated carbocycles. The number of rotatable bonds is 7. The van der Waals surface area contributed by atoms with Gasteiger partial charge >= 0.3 is 5.97 Å². The van der Waals surface area contributed by atoms with Gasteiger partial charge in [-0.15, -0.1) is 0 Å². The van der Waals surface area contributed by atoms with Crippen LogP contribution in [0.15, 0.2) is 42.5 Å². The number of hydrogen-bond acceptors (Lipinski definition) is 5. The van der Waals surface area contributed by atoms with Gasteiger partial charge in [-0.2, -0.15) is 0 Å². The van der Waals surface area contributed by atoms with Gasteiger partial charge in [-0.05, 0) is 55.8 Å². The van der Waals surface area contributed by atoms with Gasteiger partial charge in [0.1, 0.15) is 23.7 Å². The fourth-order valence-electron chi connectivity index (χ4n) is 3.30. The van der Waals surface area contributed by atoms with Crippen molar-refractivity contribution in [2.24, 2.45) is 0 Å². The van der Waals surface area contributed by atoms with Crippen LogP contribution in [0.2, 0.25) is 0 Å². The van der Waals surface area contributed by atoms with Gasteiger partial charge in [0, 0.05) is 24.6 Å². The highest BCUT2D eigenvalue weighted by molar-refractivity contribution is 5.96. The first-order valence-electron chi connectivity index (χ1n) is 9.35. The number of carbonyl (C=O) groups is 2. The van der Waals surface area contributed by atoms with Crippen LogP contribution in [0.1, 0.15) is 42.1 Å². The molecule has 0 aliphatic carbocycles. The number of carboxylic acids is 1. The van der Waals surface area contributed by atoms with E-state index in [2.05, 4.69) is 0 Å². The molecule has 0 aromatic heterocycles. The van der Waals surface area contributed by atoms with Crippen LogP contribution in [0.5, 0.6) is 11.5 Å². The van der Waals surface area contributed by atoms with Crippen molar-refractivity contribution in [3.8, 4) is 11.5 Å². The molecule has 7 nitrogen and oxygen atoms in total. The Kier molecular flexibility index (Phi) is 5.79. The summed E-state index contributed by atoms with van der Waals surface area (Å²) in [5.74, 6) is -0.196. The standard InChI is InChI=1S/C22H25NO6/c1-22(2,27)13-29-17-7-5-16(6-8-17)23-12-15(11-20(23)24)14-4-9-18(21(25)26)19(10-14)28-3/h4-10,15,27H,11-13H2,1-3H3,(H,25,26). The molecule has 3 rings (SSSR count). The summed E-state index contributed by atoms with van der Waals surface area (Å²) in [6.07, 6.45) is 0.340. The summed E-state index contributed by atoms with van der Waals surface area (Å²) in [6, 6.07) is 12.1. The number of nitrogens with zero attached hydrogens (tertiary/aromatic N) is 1. The van der Waals surface area contributed by atoms with Gasteiger partial charge in [0.15, 0.2) is 0 Å². The Morgan fingerprint density at radius 1 is 1.21 bits per heavy atom. The molecule has 1 aliphatic rings. The maximum absolute atomic E-state index is 12.6. The molecule has 7 heteroatoms. The summed E-state index contributed by atoms with van der Waals surface area (Å²) >= 11 is 0. The van der Waals surface area contributed by atoms with E-state index in [0.717, 1.165) is 11.3 Å². The number of aromatic carboxylic acids is 1. The minimum Gasteiger partial charge on any atom is -0.496 e. The molecule has 0 radical (unpaired) electrons. The molecule has 1 atom stereocenters. The van der Waals surface area contributed by atoms with E-state index in [4.69, 9.17) is 9.47 Å². The summed E-state index contributed by atoms with van der Waals surface area (Å²) in [5, 5.41) is 19.0. The van der Waals surface area contributed by atoms with Crippen LogP contribution in [-0.2, 0) is 4.79 Å². The third-order valence-electron chi connectivity index (χ3n) is 4.79. The number of anilines is 1. The van der Waals surface area contributed by atoms with E-state index in [9.17, 15) is 19.8 Å². The molecule has 0 spiro atoms. The molecule has 1 saturated heterocycles. The zero-order chi connectivity index (χ0) is 21.2. The van der Waals surface area contributed by atoms with Gasteiger partial charge in [-0.1, -0.05) is 6.07 Å². The Bertz CT molecular complexity index is 901. The van der Waals surface area contributed by atoms with Crippen LogP contribution >= 0.6 is 0 Å². The maximum Gasteiger partial charge on any atom is 0.339 e. The lowest BCUT2D eigenvalue weighted by Crippen LogP contribution is -2.28. The Morgan fingerprint density at radius 3 is 2.48 bits per heavy atom. The Morgan fingerprint density at radius 2 is 1.90 bits per heavy atom. The van der Waals surface area contributed by atoms with Crippen molar-refractivity contribution >= 4 is 17.6 Å². The molecule has 0 bridgehead atoms. The number of amides is 1. The number of aliphatic hydroxyl groups is 1. The molecule has 29 heavy (non-hydrogen) atoms. The summed E-state index contributed by atoms with van der Waals surface area (Å²) in [7, 11) is 1.43. The van der Waals surface area contributed by atoms with E-state index in [1.807, 2.05) is 12.1 Å². The van der Waals surface area contributed by atoms with Gasteiger partial charge in [-0.25, -0.2) is 4.79 Å². The Balaban J connectivity index is 1.73. The molecule has 1 aliphatic heterocycles. The highest BCUT2D eigenvalue weighted by atomic mass is 16.5. The smallest absolute Gasteiger partial charge is 0.339 e. The predicted molar refractivity (Wildman–Crippen MR) is 108 cm³/mol. The average molecular weight is 399 g/mol. The second-order valence-electron chi connectivity index (χ2n) is 7.77. The predicted octanol–water partition coefficient (Wildman–Crippen LogP) is 3.06. The second kappa shape index (κ2) is 8.13. The minimum atomic E-state index is -1.05. The molecular weight excluding hydrogens is 374 g/mol. The molecule has 1 amide bonds. The molecular formula is C22H25NO6. The van der Waals surface area contributed by atoms with Crippen molar-refractivity contribution in [2.45, 2.75) is 31.8 Å². The summed E-state index contributed by atoms with van der Waals surface area (Å²) < 4.78 is 10.7. The molecule has 2 aromatic carbocycles. The van der Waals surface area contributed by atoms with Gasteiger partial charge in [0.05, 0.1) is 12.7 Å². The molecule has 1 fully saturated rings. The molecule has 2 aromatic rings. The average Bonchev–Trinajstić information content (AvgIpc) is 3.07. The lowest BCUT2D eigenvalue weighted by Gasteiger charge is -2.20. The lowest BCUT2D eigenvalue weighted by atomic mass is 9.96. The largest absolute Gasteiger partial charge is 0.496 e. The zero-order valence-corrected chi connectivity index (χ0v) is 16.7. The number of benzene rings is 2. The van der Waals surface area contributed by atoms with Gasteiger partial charge in [0.25, 0.3) is 0 Å². The first kappa shape index (κ1) is 20.7. The van der Waals surface area contributed by atoms with Crippen LogP contribution in [0, 0.1) is 0 Å². The van der Waals surface area contributed by atoms with Gasteiger partial charge in [0.2, 0.25) is 5.91 Å². The zero-order valence-electron chi connectivity index (χ0n) is 16.7. The van der Waals surface area contributed by atoms with Crippen LogP contribution < -0.4 is 14.4 Å². The number of hydrogen-bond donors (Lipinski definition) is 2. The fraction of sp³-hybridized carbons (Fsp3) is 0.364. The third kappa shape index (κ3) is 4.86. The van der Waals surface area contributed by atoms with Crippen molar-refractivity contribution in [1.29, 1.82) is 0 Å². The van der Waals surface area contributed by atoms with Crippen molar-refractivity contribution < 1.29 is 29.3 Å². The van der Waals surface area contributed by atoms with Crippen molar-refractivity contribution in [2.75, 3.05) is 25.2 Å². The SMILES string of the molecule is COc1cc(C2CC(=O)N(c3ccc(OCC(C)(C)O)cc3)C2)ccc1C(=O)O. The van der Waals surface area contributed by atoms with E-state index in [1.54, 1.807) is 43.0 Å². The van der Waals surface area contributed by atoms with E-state index < -0.39 is 11.6 Å². The quantitative estimate of drug-likeness (QED) is 0.743. The van der Waals surface area contributed by atoms with E-state index in [-0.39, 0.29) is 29.7 Å². The van der Waals surface area contributed by atoms with Crippen molar-refractivity contribution in [1.82, 2.24) is 0 Å². The highest BCUT2D eigenvalue weighted by Gasteiger charge is 2.32. The highest BCUT2D eigenvalue weighted by Crippen LogP contribution is 2.34. The fourth-order valence-corrected chi connectivity index (χ4v) is 3.30. The number of ether oxygens (including phenoxy) is 2. The normalized spacial score (nSPS) is 16.8.